The van der Waals surface area contributed by atoms with Gasteiger partial charge in [0.15, 0.2) is 11.5 Å². The maximum atomic E-state index is 11.6. The Kier molecular flexibility index (Phi) is 4.41. The van der Waals surface area contributed by atoms with Crippen LogP contribution in [0.15, 0.2) is 18.2 Å². The van der Waals surface area contributed by atoms with Crippen LogP contribution in [0, 0.1) is 0 Å². The van der Waals surface area contributed by atoms with Crippen LogP contribution in [0.25, 0.3) is 0 Å². The van der Waals surface area contributed by atoms with E-state index in [1.54, 1.807) is 0 Å². The van der Waals surface area contributed by atoms with Gasteiger partial charge in [0.05, 0.1) is 6.42 Å². The minimum absolute atomic E-state index is 0.0554. The fourth-order valence-electron chi connectivity index (χ4n) is 1.75. The Hall–Kier alpha value is -1.75. The Balaban J connectivity index is 1.91. The molecule has 5 nitrogen and oxygen atoms in total. The molecule has 18 heavy (non-hydrogen) atoms. The minimum atomic E-state index is -0.0554. The highest BCUT2D eigenvalue weighted by Crippen LogP contribution is 2.30. The Bertz CT molecular complexity index is 419. The summed E-state index contributed by atoms with van der Waals surface area (Å²) in [4.78, 5) is 11.6. The average Bonchev–Trinajstić information content (AvgIpc) is 2.39. The van der Waals surface area contributed by atoms with Crippen molar-refractivity contribution >= 4 is 5.91 Å². The number of hydrogen-bond acceptors (Lipinski definition) is 4. The molecule has 0 atom stereocenters. The van der Waals surface area contributed by atoms with E-state index in [1.807, 2.05) is 18.2 Å². The summed E-state index contributed by atoms with van der Waals surface area (Å²) in [6, 6.07) is 5.52. The van der Waals surface area contributed by atoms with Crippen molar-refractivity contribution in [3.05, 3.63) is 23.8 Å². The molecule has 0 unspecified atom stereocenters. The maximum absolute atomic E-state index is 11.6. The molecule has 0 saturated heterocycles. The lowest BCUT2D eigenvalue weighted by atomic mass is 10.1. The van der Waals surface area contributed by atoms with Gasteiger partial charge in [-0.05, 0) is 24.1 Å². The number of benzene rings is 1. The average molecular weight is 251 g/mol. The molecule has 1 aliphatic heterocycles. The van der Waals surface area contributed by atoms with Gasteiger partial charge in [-0.25, -0.2) is 0 Å². The van der Waals surface area contributed by atoms with E-state index < -0.39 is 0 Å². The number of carbonyl (C=O) groups is 1. The third-order valence-electron chi connectivity index (χ3n) is 2.63. The lowest BCUT2D eigenvalue weighted by molar-refractivity contribution is -0.120. The third kappa shape index (κ3) is 3.37. The second kappa shape index (κ2) is 6.26. The molecule has 0 spiro atoms. The maximum Gasteiger partial charge on any atom is 0.224 e. The topological polar surface area (TPSA) is 67.8 Å². The van der Waals surface area contributed by atoms with Crippen molar-refractivity contribution in [3.8, 4) is 11.5 Å². The summed E-state index contributed by atoms with van der Waals surface area (Å²) in [6.45, 7) is 1.69. The Morgan fingerprint density at radius 1 is 1.28 bits per heavy atom. The van der Waals surface area contributed by atoms with Gasteiger partial charge in [-0.2, -0.15) is 0 Å². The van der Waals surface area contributed by atoms with Crippen LogP contribution in [-0.2, 0) is 11.2 Å². The van der Waals surface area contributed by atoms with Gasteiger partial charge in [0.1, 0.15) is 13.2 Å². The summed E-state index contributed by atoms with van der Waals surface area (Å²) in [5, 5.41) is 11.4. The smallest absolute Gasteiger partial charge is 0.224 e. The summed E-state index contributed by atoms with van der Waals surface area (Å²) in [5.74, 6) is 1.37. The number of nitrogens with one attached hydrogen (secondary N) is 1. The third-order valence-corrected chi connectivity index (χ3v) is 2.63. The number of hydrogen-bond donors (Lipinski definition) is 2. The van der Waals surface area contributed by atoms with Gasteiger partial charge >= 0.3 is 0 Å². The van der Waals surface area contributed by atoms with Gasteiger partial charge in [-0.15, -0.1) is 0 Å². The fourth-order valence-corrected chi connectivity index (χ4v) is 1.75. The Morgan fingerprint density at radius 2 is 2.06 bits per heavy atom. The highest BCUT2D eigenvalue weighted by atomic mass is 16.6. The highest BCUT2D eigenvalue weighted by Gasteiger charge is 2.12. The molecule has 0 saturated carbocycles. The van der Waals surface area contributed by atoms with Crippen molar-refractivity contribution in [1.82, 2.24) is 5.32 Å². The molecule has 2 rings (SSSR count). The quantitative estimate of drug-likeness (QED) is 0.748. The second-order valence-electron chi connectivity index (χ2n) is 4.08. The normalized spacial score (nSPS) is 13.2. The Morgan fingerprint density at radius 3 is 2.83 bits per heavy atom. The zero-order valence-electron chi connectivity index (χ0n) is 10.1. The van der Waals surface area contributed by atoms with Crippen molar-refractivity contribution < 1.29 is 19.4 Å². The summed E-state index contributed by atoms with van der Waals surface area (Å²) in [6.07, 6.45) is 0.884. The first-order chi connectivity index (χ1) is 8.79. The first kappa shape index (κ1) is 12.7. The van der Waals surface area contributed by atoms with Gasteiger partial charge in [0.25, 0.3) is 0 Å². The van der Waals surface area contributed by atoms with E-state index in [2.05, 4.69) is 5.32 Å². The standard InChI is InChI=1S/C13H17NO4/c15-5-1-4-14-13(16)9-10-2-3-11-12(8-10)18-7-6-17-11/h2-3,8,15H,1,4-7,9H2,(H,14,16). The Labute approximate surface area is 106 Å². The van der Waals surface area contributed by atoms with Crippen LogP contribution in [0.2, 0.25) is 0 Å². The molecular weight excluding hydrogens is 234 g/mol. The first-order valence-corrected chi connectivity index (χ1v) is 6.05. The molecular formula is C13H17NO4. The predicted molar refractivity (Wildman–Crippen MR) is 65.8 cm³/mol. The van der Waals surface area contributed by atoms with Crippen molar-refractivity contribution in [2.75, 3.05) is 26.4 Å². The summed E-state index contributed by atoms with van der Waals surface area (Å²) >= 11 is 0. The first-order valence-electron chi connectivity index (χ1n) is 6.05. The van der Waals surface area contributed by atoms with Gasteiger partial charge in [0.2, 0.25) is 5.91 Å². The van der Waals surface area contributed by atoms with E-state index in [0.29, 0.717) is 38.3 Å². The van der Waals surface area contributed by atoms with Crippen LogP contribution < -0.4 is 14.8 Å². The number of ether oxygens (including phenoxy) is 2. The molecule has 1 amide bonds. The molecule has 1 aromatic rings. The number of carbonyl (C=O) groups excluding carboxylic acids is 1. The summed E-state index contributed by atoms with van der Waals surface area (Å²) in [7, 11) is 0. The molecule has 0 aliphatic carbocycles. The van der Waals surface area contributed by atoms with Crippen LogP contribution >= 0.6 is 0 Å². The van der Waals surface area contributed by atoms with Gasteiger partial charge < -0.3 is 19.9 Å². The molecule has 5 heteroatoms. The van der Waals surface area contributed by atoms with E-state index >= 15 is 0 Å². The molecule has 0 radical (unpaired) electrons. The van der Waals surface area contributed by atoms with Gasteiger partial charge in [-0.1, -0.05) is 6.07 Å². The molecule has 1 heterocycles. The molecule has 2 N–H and O–H groups in total. The van der Waals surface area contributed by atoms with E-state index in [0.717, 1.165) is 11.3 Å². The van der Waals surface area contributed by atoms with E-state index in [1.165, 1.54) is 0 Å². The second-order valence-corrected chi connectivity index (χ2v) is 4.08. The molecule has 0 aromatic heterocycles. The van der Waals surface area contributed by atoms with Crippen LogP contribution in [-0.4, -0.2) is 37.4 Å². The SMILES string of the molecule is O=C(Cc1ccc2c(c1)OCCO2)NCCCO. The zero-order valence-corrected chi connectivity index (χ0v) is 10.1. The van der Waals surface area contributed by atoms with Crippen molar-refractivity contribution in [3.63, 3.8) is 0 Å². The number of fused-ring (bicyclic) bond motifs is 1. The number of aliphatic hydroxyl groups is 1. The van der Waals surface area contributed by atoms with E-state index in [-0.39, 0.29) is 12.5 Å². The van der Waals surface area contributed by atoms with Crippen LogP contribution in [0.4, 0.5) is 0 Å². The van der Waals surface area contributed by atoms with E-state index in [9.17, 15) is 4.79 Å². The fraction of sp³-hybridized carbons (Fsp3) is 0.462. The number of amides is 1. The largest absolute Gasteiger partial charge is 0.486 e. The van der Waals surface area contributed by atoms with E-state index in [4.69, 9.17) is 14.6 Å². The van der Waals surface area contributed by atoms with Gasteiger partial charge in [0, 0.05) is 13.2 Å². The van der Waals surface area contributed by atoms with Crippen LogP contribution in [0.5, 0.6) is 11.5 Å². The van der Waals surface area contributed by atoms with Crippen molar-refractivity contribution in [1.29, 1.82) is 0 Å². The number of rotatable bonds is 5. The molecule has 1 aliphatic rings. The van der Waals surface area contributed by atoms with Crippen LogP contribution in [0.3, 0.4) is 0 Å². The molecule has 1 aromatic carbocycles. The van der Waals surface area contributed by atoms with Gasteiger partial charge in [-0.3, -0.25) is 4.79 Å². The lowest BCUT2D eigenvalue weighted by Crippen LogP contribution is -2.26. The molecule has 0 fully saturated rings. The van der Waals surface area contributed by atoms with Crippen molar-refractivity contribution in [2.24, 2.45) is 0 Å². The minimum Gasteiger partial charge on any atom is -0.486 e. The monoisotopic (exact) mass is 251 g/mol. The lowest BCUT2D eigenvalue weighted by Gasteiger charge is -2.18. The van der Waals surface area contributed by atoms with Crippen molar-refractivity contribution in [2.45, 2.75) is 12.8 Å². The summed E-state index contributed by atoms with van der Waals surface area (Å²) in [5.41, 5.74) is 0.890. The highest BCUT2D eigenvalue weighted by molar-refractivity contribution is 5.78. The number of aliphatic hydroxyl groups excluding tert-OH is 1. The van der Waals surface area contributed by atoms with Crippen LogP contribution in [0.1, 0.15) is 12.0 Å². The molecule has 0 bridgehead atoms. The molecule has 98 valence electrons. The zero-order chi connectivity index (χ0) is 12.8. The summed E-state index contributed by atoms with van der Waals surface area (Å²) < 4.78 is 10.9. The predicted octanol–water partition coefficient (Wildman–Crippen LogP) is 0.499.